The standard InChI is InChI=1S/C25H26F3N3O5/c1-35-22-9-18(13-31-24(34)30-11-16-4-6-19(7-5-16)25(26,27)28)21(17-3-2-8-29-12-17)10-23(22)36-15-20(33)14-32/h2-10,12,20,32-33H,11,13-15H2,1H3,(H2,30,31,34)/t20-/m1/s1. The summed E-state index contributed by atoms with van der Waals surface area (Å²) in [6, 6.07) is 11.0. The van der Waals surface area contributed by atoms with Gasteiger partial charge in [-0.25, -0.2) is 4.79 Å². The Morgan fingerprint density at radius 1 is 1.08 bits per heavy atom. The number of benzene rings is 2. The molecule has 3 rings (SSSR count). The molecule has 0 fully saturated rings. The van der Waals surface area contributed by atoms with Gasteiger partial charge in [-0.1, -0.05) is 18.2 Å². The summed E-state index contributed by atoms with van der Waals surface area (Å²) < 4.78 is 49.1. The molecule has 0 aliphatic rings. The molecule has 11 heteroatoms. The van der Waals surface area contributed by atoms with Crippen LogP contribution in [0.3, 0.4) is 0 Å². The lowest BCUT2D eigenvalue weighted by Crippen LogP contribution is -2.34. The number of carbonyl (C=O) groups excluding carboxylic acids is 1. The SMILES string of the molecule is COc1cc(CNC(=O)NCc2ccc(C(F)(F)F)cc2)c(-c2cccnc2)cc1OC[C@H](O)CO. The highest BCUT2D eigenvalue weighted by Crippen LogP contribution is 2.36. The van der Waals surface area contributed by atoms with Crippen molar-refractivity contribution in [1.29, 1.82) is 0 Å². The summed E-state index contributed by atoms with van der Waals surface area (Å²) in [5.74, 6) is 0.689. The van der Waals surface area contributed by atoms with Gasteiger partial charge in [-0.05, 0) is 47.0 Å². The van der Waals surface area contributed by atoms with Gasteiger partial charge in [0.25, 0.3) is 0 Å². The van der Waals surface area contributed by atoms with Crippen LogP contribution < -0.4 is 20.1 Å². The van der Waals surface area contributed by atoms with Crippen LogP contribution in [0.1, 0.15) is 16.7 Å². The number of nitrogens with one attached hydrogen (secondary N) is 2. The Labute approximate surface area is 205 Å². The summed E-state index contributed by atoms with van der Waals surface area (Å²) >= 11 is 0. The summed E-state index contributed by atoms with van der Waals surface area (Å²) in [7, 11) is 1.45. The molecule has 0 spiro atoms. The van der Waals surface area contributed by atoms with Crippen molar-refractivity contribution in [3.05, 3.63) is 77.6 Å². The highest BCUT2D eigenvalue weighted by molar-refractivity contribution is 5.75. The predicted octanol–water partition coefficient (Wildman–Crippen LogP) is 3.51. The van der Waals surface area contributed by atoms with Gasteiger partial charge in [0.15, 0.2) is 11.5 Å². The Balaban J connectivity index is 1.72. The normalized spacial score (nSPS) is 12.1. The van der Waals surface area contributed by atoms with Crippen LogP contribution in [0.4, 0.5) is 18.0 Å². The van der Waals surface area contributed by atoms with Gasteiger partial charge in [0.05, 0.1) is 19.3 Å². The fourth-order valence-corrected chi connectivity index (χ4v) is 3.28. The predicted molar refractivity (Wildman–Crippen MR) is 125 cm³/mol. The van der Waals surface area contributed by atoms with E-state index in [4.69, 9.17) is 14.6 Å². The van der Waals surface area contributed by atoms with Gasteiger partial charge in [-0.3, -0.25) is 4.98 Å². The number of carbonyl (C=O) groups is 1. The molecule has 8 nitrogen and oxygen atoms in total. The average molecular weight is 505 g/mol. The minimum atomic E-state index is -4.42. The maximum atomic E-state index is 12.7. The molecule has 0 bridgehead atoms. The highest BCUT2D eigenvalue weighted by atomic mass is 19.4. The molecule has 3 aromatic rings. The lowest BCUT2D eigenvalue weighted by molar-refractivity contribution is -0.137. The average Bonchev–Trinajstić information content (AvgIpc) is 2.89. The Kier molecular flexibility index (Phi) is 9.09. The molecule has 2 aromatic carbocycles. The summed E-state index contributed by atoms with van der Waals surface area (Å²) in [6.07, 6.45) is -2.22. The van der Waals surface area contributed by atoms with E-state index < -0.39 is 30.5 Å². The number of aliphatic hydroxyl groups is 2. The van der Waals surface area contributed by atoms with E-state index in [1.54, 1.807) is 30.6 Å². The number of ether oxygens (including phenoxy) is 2. The summed E-state index contributed by atoms with van der Waals surface area (Å²) in [5, 5.41) is 24.0. The van der Waals surface area contributed by atoms with Gasteiger partial charge in [0.1, 0.15) is 12.7 Å². The third-order valence-electron chi connectivity index (χ3n) is 5.18. The summed E-state index contributed by atoms with van der Waals surface area (Å²) in [4.78, 5) is 16.5. The number of hydrogen-bond donors (Lipinski definition) is 4. The van der Waals surface area contributed by atoms with Crippen molar-refractivity contribution in [2.24, 2.45) is 0 Å². The minimum absolute atomic E-state index is 0.0444. The maximum Gasteiger partial charge on any atom is 0.416 e. The minimum Gasteiger partial charge on any atom is -0.493 e. The van der Waals surface area contributed by atoms with E-state index in [9.17, 15) is 23.1 Å². The molecule has 1 heterocycles. The first-order valence-corrected chi connectivity index (χ1v) is 10.9. The van der Waals surface area contributed by atoms with Gasteiger partial charge in [-0.2, -0.15) is 13.2 Å². The van der Waals surface area contributed by atoms with Crippen molar-refractivity contribution < 1.29 is 37.7 Å². The molecule has 0 aliphatic heterocycles. The van der Waals surface area contributed by atoms with E-state index in [1.807, 2.05) is 6.07 Å². The number of hydrogen-bond acceptors (Lipinski definition) is 6. The number of methoxy groups -OCH3 is 1. The van der Waals surface area contributed by atoms with Gasteiger partial charge >= 0.3 is 12.2 Å². The van der Waals surface area contributed by atoms with Crippen LogP contribution in [-0.4, -0.2) is 47.7 Å². The van der Waals surface area contributed by atoms with E-state index in [0.717, 1.165) is 17.7 Å². The molecule has 0 unspecified atom stereocenters. The third kappa shape index (κ3) is 7.33. The number of alkyl halides is 3. The Hall–Kier alpha value is -3.83. The zero-order valence-electron chi connectivity index (χ0n) is 19.4. The van der Waals surface area contributed by atoms with Crippen LogP contribution >= 0.6 is 0 Å². The molecule has 0 radical (unpaired) electrons. The number of nitrogens with zero attached hydrogens (tertiary/aromatic N) is 1. The van der Waals surface area contributed by atoms with Crippen molar-refractivity contribution in [3.63, 3.8) is 0 Å². The topological polar surface area (TPSA) is 113 Å². The van der Waals surface area contributed by atoms with E-state index >= 15 is 0 Å². The van der Waals surface area contributed by atoms with Crippen LogP contribution in [0.15, 0.2) is 60.9 Å². The first-order chi connectivity index (χ1) is 17.2. The summed E-state index contributed by atoms with van der Waals surface area (Å²) in [5.41, 5.74) is 1.88. The van der Waals surface area contributed by atoms with E-state index in [0.29, 0.717) is 28.2 Å². The van der Waals surface area contributed by atoms with Crippen molar-refractivity contribution in [2.75, 3.05) is 20.3 Å². The van der Waals surface area contributed by atoms with Crippen LogP contribution in [0.2, 0.25) is 0 Å². The molecule has 0 saturated heterocycles. The molecule has 0 saturated carbocycles. The lowest BCUT2D eigenvalue weighted by atomic mass is 10.00. The number of aliphatic hydroxyl groups excluding tert-OH is 2. The zero-order chi connectivity index (χ0) is 26.1. The molecular weight excluding hydrogens is 479 g/mol. The molecule has 2 amide bonds. The maximum absolute atomic E-state index is 12.7. The zero-order valence-corrected chi connectivity index (χ0v) is 19.4. The second kappa shape index (κ2) is 12.2. The van der Waals surface area contributed by atoms with E-state index in [-0.39, 0.29) is 19.7 Å². The molecule has 1 atom stereocenters. The van der Waals surface area contributed by atoms with Crippen LogP contribution in [0.5, 0.6) is 11.5 Å². The number of rotatable bonds is 10. The quantitative estimate of drug-likeness (QED) is 0.336. The molecule has 0 aliphatic carbocycles. The number of aromatic nitrogens is 1. The van der Waals surface area contributed by atoms with E-state index in [1.165, 1.54) is 19.2 Å². The van der Waals surface area contributed by atoms with Crippen LogP contribution in [-0.2, 0) is 19.3 Å². The van der Waals surface area contributed by atoms with E-state index in [2.05, 4.69) is 15.6 Å². The van der Waals surface area contributed by atoms with Crippen molar-refractivity contribution >= 4 is 6.03 Å². The first-order valence-electron chi connectivity index (χ1n) is 10.9. The van der Waals surface area contributed by atoms with Gasteiger partial charge < -0.3 is 30.3 Å². The fourth-order valence-electron chi connectivity index (χ4n) is 3.28. The highest BCUT2D eigenvalue weighted by Gasteiger charge is 2.29. The summed E-state index contributed by atoms with van der Waals surface area (Å²) in [6.45, 7) is -0.466. The molecular formula is C25H26F3N3O5. The lowest BCUT2D eigenvalue weighted by Gasteiger charge is -2.18. The largest absolute Gasteiger partial charge is 0.493 e. The molecule has 1 aromatic heterocycles. The monoisotopic (exact) mass is 505 g/mol. The Morgan fingerprint density at radius 2 is 1.81 bits per heavy atom. The molecule has 36 heavy (non-hydrogen) atoms. The van der Waals surface area contributed by atoms with Gasteiger partial charge in [0, 0.05) is 31.0 Å². The second-order valence-electron chi connectivity index (χ2n) is 7.78. The Bertz CT molecular complexity index is 1140. The molecule has 192 valence electrons. The Morgan fingerprint density at radius 3 is 2.42 bits per heavy atom. The fraction of sp³-hybridized carbons (Fsp3) is 0.280. The van der Waals surface area contributed by atoms with Crippen molar-refractivity contribution in [3.8, 4) is 22.6 Å². The van der Waals surface area contributed by atoms with Crippen molar-refractivity contribution in [2.45, 2.75) is 25.4 Å². The van der Waals surface area contributed by atoms with Gasteiger partial charge in [0.2, 0.25) is 0 Å². The first kappa shape index (κ1) is 26.8. The van der Waals surface area contributed by atoms with Crippen LogP contribution in [0, 0.1) is 0 Å². The number of pyridine rings is 1. The second-order valence-corrected chi connectivity index (χ2v) is 7.78. The third-order valence-corrected chi connectivity index (χ3v) is 5.18. The van der Waals surface area contributed by atoms with Crippen molar-refractivity contribution in [1.82, 2.24) is 15.6 Å². The smallest absolute Gasteiger partial charge is 0.416 e. The number of urea groups is 1. The number of amides is 2. The number of halogens is 3. The van der Waals surface area contributed by atoms with Gasteiger partial charge in [-0.15, -0.1) is 0 Å². The van der Waals surface area contributed by atoms with Crippen LogP contribution in [0.25, 0.3) is 11.1 Å². The molecule has 4 N–H and O–H groups in total.